The molecule has 2 aromatic rings. The van der Waals surface area contributed by atoms with E-state index in [9.17, 15) is 18.4 Å². The van der Waals surface area contributed by atoms with Gasteiger partial charge in [-0.15, -0.1) is 0 Å². The molecule has 0 saturated heterocycles. The normalized spacial score (nSPS) is 12.1. The van der Waals surface area contributed by atoms with Gasteiger partial charge in [-0.05, 0) is 45.9 Å². The van der Waals surface area contributed by atoms with Gasteiger partial charge in [0.2, 0.25) is 5.88 Å². The Hall–Kier alpha value is -3.43. The van der Waals surface area contributed by atoms with E-state index in [-0.39, 0.29) is 23.1 Å². The number of anilines is 3. The third kappa shape index (κ3) is 5.79. The fourth-order valence-corrected chi connectivity index (χ4v) is 2.50. The van der Waals surface area contributed by atoms with Gasteiger partial charge in [0.25, 0.3) is 5.91 Å². The first-order valence-corrected chi connectivity index (χ1v) is 9.01. The first-order valence-electron chi connectivity index (χ1n) is 9.01. The molecule has 0 aliphatic heterocycles. The number of carbonyl (C=O) groups is 2. The van der Waals surface area contributed by atoms with Gasteiger partial charge in [-0.2, -0.15) is 4.98 Å². The second-order valence-corrected chi connectivity index (χ2v) is 7.44. The number of benzene rings is 1. The van der Waals surface area contributed by atoms with Crippen LogP contribution in [-0.2, 0) is 9.53 Å². The van der Waals surface area contributed by atoms with Crippen LogP contribution >= 0.6 is 0 Å². The molecule has 2 amide bonds. The van der Waals surface area contributed by atoms with Crippen molar-refractivity contribution in [2.24, 2.45) is 0 Å². The van der Waals surface area contributed by atoms with Gasteiger partial charge < -0.3 is 20.5 Å². The minimum Gasteiger partial charge on any atom is -0.481 e. The van der Waals surface area contributed by atoms with Crippen molar-refractivity contribution >= 4 is 29.2 Å². The van der Waals surface area contributed by atoms with Crippen LogP contribution in [0.15, 0.2) is 30.3 Å². The van der Waals surface area contributed by atoms with Crippen LogP contribution in [0, 0.1) is 11.6 Å². The highest BCUT2D eigenvalue weighted by Crippen LogP contribution is 2.32. The SMILES string of the molecule is COc1ccc(N)c(N(C(=O)[C@H](C)NC(=O)OC(C)(C)C)c2cc(F)cc(F)c2)n1. The van der Waals surface area contributed by atoms with Crippen molar-refractivity contribution in [3.8, 4) is 5.88 Å². The number of alkyl carbamates (subject to hydrolysis) is 1. The highest BCUT2D eigenvalue weighted by Gasteiger charge is 2.29. The number of hydrogen-bond acceptors (Lipinski definition) is 6. The molecule has 30 heavy (non-hydrogen) atoms. The maximum Gasteiger partial charge on any atom is 0.408 e. The van der Waals surface area contributed by atoms with E-state index in [1.54, 1.807) is 20.8 Å². The summed E-state index contributed by atoms with van der Waals surface area (Å²) >= 11 is 0. The Kier molecular flexibility index (Phi) is 6.81. The summed E-state index contributed by atoms with van der Waals surface area (Å²) < 4.78 is 37.9. The fraction of sp³-hybridized carbons (Fsp3) is 0.350. The molecule has 162 valence electrons. The van der Waals surface area contributed by atoms with E-state index in [2.05, 4.69) is 10.3 Å². The molecule has 1 heterocycles. The van der Waals surface area contributed by atoms with Crippen LogP contribution in [0.4, 0.5) is 30.8 Å². The summed E-state index contributed by atoms with van der Waals surface area (Å²) in [5.41, 5.74) is 5.08. The number of carbonyl (C=O) groups excluding carboxylic acids is 2. The molecule has 0 spiro atoms. The molecular weight excluding hydrogens is 398 g/mol. The number of nitrogens with two attached hydrogens (primary N) is 1. The Morgan fingerprint density at radius 2 is 1.77 bits per heavy atom. The molecule has 0 saturated carbocycles. The van der Waals surface area contributed by atoms with Crippen LogP contribution < -0.4 is 20.7 Å². The van der Waals surface area contributed by atoms with Crippen LogP contribution in [0.3, 0.4) is 0 Å². The van der Waals surface area contributed by atoms with E-state index >= 15 is 0 Å². The van der Waals surface area contributed by atoms with E-state index in [0.717, 1.165) is 17.0 Å². The molecular formula is C20H24F2N4O4. The number of hydrogen-bond donors (Lipinski definition) is 2. The molecule has 0 aliphatic carbocycles. The first kappa shape index (κ1) is 22.9. The van der Waals surface area contributed by atoms with Gasteiger partial charge in [-0.1, -0.05) is 0 Å². The maximum absolute atomic E-state index is 13.9. The van der Waals surface area contributed by atoms with E-state index in [0.29, 0.717) is 6.07 Å². The van der Waals surface area contributed by atoms with Crippen LogP contribution in [0.5, 0.6) is 5.88 Å². The highest BCUT2D eigenvalue weighted by atomic mass is 19.1. The predicted molar refractivity (Wildman–Crippen MR) is 108 cm³/mol. The molecule has 1 atom stereocenters. The number of nitrogen functional groups attached to an aromatic ring is 1. The molecule has 3 N–H and O–H groups in total. The molecule has 0 bridgehead atoms. The summed E-state index contributed by atoms with van der Waals surface area (Å²) in [7, 11) is 1.36. The Morgan fingerprint density at radius 3 is 2.30 bits per heavy atom. The smallest absolute Gasteiger partial charge is 0.408 e. The predicted octanol–water partition coefficient (Wildman–Crippen LogP) is 3.53. The molecule has 0 aliphatic rings. The summed E-state index contributed by atoms with van der Waals surface area (Å²) in [6.07, 6.45) is -0.833. The second kappa shape index (κ2) is 8.93. The van der Waals surface area contributed by atoms with Gasteiger partial charge >= 0.3 is 6.09 Å². The number of nitrogens with one attached hydrogen (secondary N) is 1. The van der Waals surface area contributed by atoms with Crippen molar-refractivity contribution in [2.75, 3.05) is 17.7 Å². The Labute approximate surface area is 173 Å². The minimum atomic E-state index is -1.14. The average molecular weight is 422 g/mol. The molecule has 1 aromatic heterocycles. The molecule has 0 radical (unpaired) electrons. The van der Waals surface area contributed by atoms with Gasteiger partial charge in [0.05, 0.1) is 18.5 Å². The van der Waals surface area contributed by atoms with Gasteiger partial charge in [0.15, 0.2) is 5.82 Å². The average Bonchev–Trinajstić information content (AvgIpc) is 2.60. The fourth-order valence-electron chi connectivity index (χ4n) is 2.50. The number of rotatable bonds is 5. The number of amides is 2. The van der Waals surface area contributed by atoms with Crippen molar-refractivity contribution in [1.82, 2.24) is 10.3 Å². The third-order valence-corrected chi connectivity index (χ3v) is 3.73. The zero-order valence-electron chi connectivity index (χ0n) is 17.3. The van der Waals surface area contributed by atoms with Crippen LogP contribution in [0.2, 0.25) is 0 Å². The summed E-state index contributed by atoms with van der Waals surface area (Å²) in [6.45, 7) is 6.40. The Bertz CT molecular complexity index is 927. The standard InChI is InChI=1S/C20H24F2N4O4/c1-11(24-19(28)30-20(2,3)4)18(27)26(14-9-12(21)8-13(22)10-14)17-15(23)6-7-16(25-17)29-5/h6-11H,23H2,1-5H3,(H,24,28)/t11-/m0/s1. The number of methoxy groups -OCH3 is 1. The van der Waals surface area contributed by atoms with Crippen molar-refractivity contribution in [1.29, 1.82) is 0 Å². The van der Waals surface area contributed by atoms with Gasteiger partial charge in [-0.3, -0.25) is 9.69 Å². The van der Waals surface area contributed by atoms with Crippen molar-refractivity contribution in [2.45, 2.75) is 39.3 Å². The lowest BCUT2D eigenvalue weighted by Crippen LogP contribution is -2.47. The summed E-state index contributed by atoms with van der Waals surface area (Å²) in [4.78, 5) is 30.3. The summed E-state index contributed by atoms with van der Waals surface area (Å²) in [5, 5.41) is 2.39. The molecule has 0 unspecified atom stereocenters. The zero-order chi connectivity index (χ0) is 22.6. The van der Waals surface area contributed by atoms with E-state index in [1.807, 2.05) is 0 Å². The highest BCUT2D eigenvalue weighted by molar-refractivity contribution is 6.05. The van der Waals surface area contributed by atoms with E-state index in [4.69, 9.17) is 15.2 Å². The topological polar surface area (TPSA) is 107 Å². The Morgan fingerprint density at radius 1 is 1.17 bits per heavy atom. The lowest BCUT2D eigenvalue weighted by Gasteiger charge is -2.27. The van der Waals surface area contributed by atoms with Crippen molar-refractivity contribution in [3.63, 3.8) is 0 Å². The minimum absolute atomic E-state index is 0.0540. The largest absolute Gasteiger partial charge is 0.481 e. The third-order valence-electron chi connectivity index (χ3n) is 3.73. The Balaban J connectivity index is 2.48. The lowest BCUT2D eigenvalue weighted by atomic mass is 10.2. The summed E-state index contributed by atoms with van der Waals surface area (Å²) in [6, 6.07) is 4.32. The number of pyridine rings is 1. The first-order chi connectivity index (χ1) is 13.9. The summed E-state index contributed by atoms with van der Waals surface area (Å²) in [5.74, 6) is -2.55. The molecule has 2 rings (SSSR count). The van der Waals surface area contributed by atoms with Gasteiger partial charge in [-0.25, -0.2) is 13.6 Å². The molecule has 1 aromatic carbocycles. The zero-order valence-corrected chi connectivity index (χ0v) is 17.3. The number of halogens is 2. The van der Waals surface area contributed by atoms with Crippen molar-refractivity contribution in [3.05, 3.63) is 42.0 Å². The van der Waals surface area contributed by atoms with Gasteiger partial charge in [0, 0.05) is 12.1 Å². The van der Waals surface area contributed by atoms with Crippen molar-refractivity contribution < 1.29 is 27.8 Å². The number of ether oxygens (including phenoxy) is 2. The monoisotopic (exact) mass is 422 g/mol. The van der Waals surface area contributed by atoms with Crippen LogP contribution in [0.25, 0.3) is 0 Å². The molecule has 0 fully saturated rings. The van der Waals surface area contributed by atoms with E-state index < -0.39 is 35.3 Å². The molecule has 10 heteroatoms. The maximum atomic E-state index is 13.9. The van der Waals surface area contributed by atoms with Gasteiger partial charge in [0.1, 0.15) is 23.3 Å². The van der Waals surface area contributed by atoms with Crippen LogP contribution in [0.1, 0.15) is 27.7 Å². The number of aromatic nitrogens is 1. The van der Waals surface area contributed by atoms with E-state index in [1.165, 1.54) is 26.2 Å². The number of nitrogens with zero attached hydrogens (tertiary/aromatic N) is 2. The second-order valence-electron chi connectivity index (χ2n) is 7.44. The molecule has 8 nitrogen and oxygen atoms in total. The van der Waals surface area contributed by atoms with Crippen LogP contribution in [-0.4, -0.2) is 35.7 Å². The lowest BCUT2D eigenvalue weighted by molar-refractivity contribution is -0.119. The quantitative estimate of drug-likeness (QED) is 0.764.